The summed E-state index contributed by atoms with van der Waals surface area (Å²) >= 11 is 5.22. The molecule has 0 aromatic carbocycles. The third-order valence-corrected chi connectivity index (χ3v) is 4.52. The van der Waals surface area contributed by atoms with Crippen LogP contribution in [-0.2, 0) is 11.3 Å². The molecule has 0 fully saturated rings. The number of amides is 1. The number of hydrogen-bond donors (Lipinski definition) is 1. The normalized spacial score (nSPS) is 10.5. The fourth-order valence-electron chi connectivity index (χ4n) is 1.21. The molecule has 0 saturated heterocycles. The maximum absolute atomic E-state index is 11.5. The summed E-state index contributed by atoms with van der Waals surface area (Å²) in [5.74, 6) is 0.134. The Bertz CT molecular complexity index is 345. The first kappa shape index (κ1) is 13.7. The van der Waals surface area contributed by atoms with Crippen LogP contribution in [0.3, 0.4) is 0 Å². The van der Waals surface area contributed by atoms with Crippen molar-refractivity contribution in [2.75, 3.05) is 20.1 Å². The highest BCUT2D eigenvalue weighted by atomic mass is 79.9. The third-order valence-electron chi connectivity index (χ3n) is 2.38. The van der Waals surface area contributed by atoms with Crippen LogP contribution in [0.5, 0.6) is 0 Å². The fourth-order valence-corrected chi connectivity index (χ4v) is 2.78. The van der Waals surface area contributed by atoms with E-state index in [-0.39, 0.29) is 5.91 Å². The van der Waals surface area contributed by atoms with Crippen LogP contribution in [0.15, 0.2) is 10.5 Å². The van der Waals surface area contributed by atoms with Gasteiger partial charge in [-0.15, -0.1) is 11.3 Å². The van der Waals surface area contributed by atoms with E-state index in [1.54, 1.807) is 16.2 Å². The van der Waals surface area contributed by atoms with E-state index in [2.05, 4.69) is 34.2 Å². The zero-order valence-electron chi connectivity index (χ0n) is 9.84. The van der Waals surface area contributed by atoms with Gasteiger partial charge < -0.3 is 10.2 Å². The summed E-state index contributed by atoms with van der Waals surface area (Å²) in [5.41, 5.74) is 0. The van der Waals surface area contributed by atoms with Gasteiger partial charge in [0.25, 0.3) is 0 Å². The Morgan fingerprint density at radius 1 is 1.62 bits per heavy atom. The predicted molar refractivity (Wildman–Crippen MR) is 71.8 cm³/mol. The second-order valence-corrected chi connectivity index (χ2v) is 5.82. The summed E-state index contributed by atoms with van der Waals surface area (Å²) in [7, 11) is 1.82. The van der Waals surface area contributed by atoms with Gasteiger partial charge in [-0.1, -0.05) is 0 Å². The van der Waals surface area contributed by atoms with Gasteiger partial charge in [0.2, 0.25) is 5.91 Å². The van der Waals surface area contributed by atoms with Crippen molar-refractivity contribution in [1.82, 2.24) is 10.2 Å². The second-order valence-electron chi connectivity index (χ2n) is 3.63. The van der Waals surface area contributed by atoms with Crippen molar-refractivity contribution >= 4 is 33.2 Å². The molecule has 5 heteroatoms. The molecule has 0 spiro atoms. The molecule has 0 aliphatic rings. The van der Waals surface area contributed by atoms with Gasteiger partial charge in [-0.05, 0) is 35.8 Å². The summed E-state index contributed by atoms with van der Waals surface area (Å²) in [5, 5.41) is 3.16. The van der Waals surface area contributed by atoms with Gasteiger partial charge in [-0.3, -0.25) is 4.79 Å². The number of halogens is 1. The Morgan fingerprint density at radius 3 is 2.81 bits per heavy atom. The van der Waals surface area contributed by atoms with Gasteiger partial charge in [0.05, 0.1) is 6.54 Å². The molecule has 1 amide bonds. The Hall–Kier alpha value is -0.390. The first-order valence-electron chi connectivity index (χ1n) is 5.24. The molecule has 1 aromatic heterocycles. The lowest BCUT2D eigenvalue weighted by Gasteiger charge is -2.14. The number of nitrogens with zero attached hydrogens (tertiary/aromatic N) is 1. The summed E-state index contributed by atoms with van der Waals surface area (Å²) in [4.78, 5) is 15.7. The predicted octanol–water partition coefficient (Wildman–Crippen LogP) is 2.39. The highest BCUT2D eigenvalue weighted by Gasteiger charge is 2.06. The van der Waals surface area contributed by atoms with Crippen molar-refractivity contribution < 1.29 is 4.79 Å². The molecule has 0 radical (unpaired) electrons. The largest absolute Gasteiger partial charge is 0.345 e. The standard InChI is InChI=1S/C11H17BrN2OS/c1-4-14(3)11(15)7-13-6-9-5-10(12)8(2)16-9/h5,13H,4,6-7H2,1-3H3. The highest BCUT2D eigenvalue weighted by Crippen LogP contribution is 2.25. The van der Waals surface area contributed by atoms with E-state index in [1.807, 2.05) is 14.0 Å². The zero-order valence-corrected chi connectivity index (χ0v) is 12.2. The van der Waals surface area contributed by atoms with Crippen LogP contribution in [0.25, 0.3) is 0 Å². The summed E-state index contributed by atoms with van der Waals surface area (Å²) in [6.45, 7) is 5.95. The molecule has 1 N–H and O–H groups in total. The maximum atomic E-state index is 11.5. The molecule has 1 aromatic rings. The summed E-state index contributed by atoms with van der Waals surface area (Å²) < 4.78 is 1.14. The zero-order chi connectivity index (χ0) is 12.1. The van der Waals surface area contributed by atoms with Crippen LogP contribution in [0.2, 0.25) is 0 Å². The molecule has 16 heavy (non-hydrogen) atoms. The van der Waals surface area contributed by atoms with Crippen molar-refractivity contribution in [2.45, 2.75) is 20.4 Å². The van der Waals surface area contributed by atoms with Gasteiger partial charge in [-0.25, -0.2) is 0 Å². The first-order valence-corrected chi connectivity index (χ1v) is 6.85. The van der Waals surface area contributed by atoms with Gasteiger partial charge >= 0.3 is 0 Å². The molecule has 0 aliphatic heterocycles. The van der Waals surface area contributed by atoms with Gasteiger partial charge in [-0.2, -0.15) is 0 Å². The molecule has 0 atom stereocenters. The van der Waals surface area contributed by atoms with E-state index >= 15 is 0 Å². The molecule has 0 aliphatic carbocycles. The minimum Gasteiger partial charge on any atom is -0.345 e. The van der Waals surface area contributed by atoms with Crippen molar-refractivity contribution in [2.24, 2.45) is 0 Å². The van der Waals surface area contributed by atoms with E-state index in [4.69, 9.17) is 0 Å². The summed E-state index contributed by atoms with van der Waals surface area (Å²) in [6, 6.07) is 2.10. The van der Waals surface area contributed by atoms with E-state index in [0.29, 0.717) is 6.54 Å². The minimum absolute atomic E-state index is 0.134. The molecule has 90 valence electrons. The molecule has 1 rings (SSSR count). The van der Waals surface area contributed by atoms with Crippen molar-refractivity contribution in [3.8, 4) is 0 Å². The van der Waals surface area contributed by atoms with E-state index in [0.717, 1.165) is 17.6 Å². The average molecular weight is 305 g/mol. The molecule has 3 nitrogen and oxygen atoms in total. The molecule has 0 saturated carbocycles. The van der Waals surface area contributed by atoms with E-state index < -0.39 is 0 Å². The van der Waals surface area contributed by atoms with Crippen LogP contribution < -0.4 is 5.32 Å². The fraction of sp³-hybridized carbons (Fsp3) is 0.545. The Balaban J connectivity index is 2.33. The Labute approximate surface area is 109 Å². The van der Waals surface area contributed by atoms with Crippen LogP contribution in [0, 0.1) is 6.92 Å². The lowest BCUT2D eigenvalue weighted by Crippen LogP contribution is -2.34. The third kappa shape index (κ3) is 3.88. The summed E-state index contributed by atoms with van der Waals surface area (Å²) in [6.07, 6.45) is 0. The van der Waals surface area contributed by atoms with Crippen LogP contribution in [-0.4, -0.2) is 30.9 Å². The van der Waals surface area contributed by atoms with Crippen molar-refractivity contribution in [3.05, 3.63) is 20.3 Å². The van der Waals surface area contributed by atoms with Crippen LogP contribution in [0.1, 0.15) is 16.7 Å². The number of nitrogens with one attached hydrogen (secondary N) is 1. The molecular formula is C11H17BrN2OS. The first-order chi connectivity index (χ1) is 7.54. The SMILES string of the molecule is CCN(C)C(=O)CNCc1cc(Br)c(C)s1. The number of rotatable bonds is 5. The molecular weight excluding hydrogens is 288 g/mol. The number of carbonyl (C=O) groups excluding carboxylic acids is 1. The van der Waals surface area contributed by atoms with Crippen molar-refractivity contribution in [1.29, 1.82) is 0 Å². The van der Waals surface area contributed by atoms with Crippen LogP contribution in [0.4, 0.5) is 0 Å². The lowest BCUT2D eigenvalue weighted by molar-refractivity contribution is -0.128. The smallest absolute Gasteiger partial charge is 0.236 e. The van der Waals surface area contributed by atoms with Gasteiger partial charge in [0.15, 0.2) is 0 Å². The van der Waals surface area contributed by atoms with E-state index in [9.17, 15) is 4.79 Å². The Morgan fingerprint density at radius 2 is 2.31 bits per heavy atom. The topological polar surface area (TPSA) is 32.3 Å². The number of thiophene rings is 1. The highest BCUT2D eigenvalue weighted by molar-refractivity contribution is 9.10. The Kier molecular flexibility index (Phi) is 5.44. The van der Waals surface area contributed by atoms with Gasteiger partial charge in [0.1, 0.15) is 0 Å². The molecule has 1 heterocycles. The maximum Gasteiger partial charge on any atom is 0.236 e. The number of hydrogen-bond acceptors (Lipinski definition) is 3. The number of carbonyl (C=O) groups is 1. The quantitative estimate of drug-likeness (QED) is 0.906. The van der Waals surface area contributed by atoms with Crippen molar-refractivity contribution in [3.63, 3.8) is 0 Å². The van der Waals surface area contributed by atoms with Gasteiger partial charge in [0, 0.05) is 34.4 Å². The number of aryl methyl sites for hydroxylation is 1. The molecule has 0 bridgehead atoms. The second kappa shape index (κ2) is 6.37. The minimum atomic E-state index is 0.134. The number of likely N-dealkylation sites (N-methyl/N-ethyl adjacent to an activating group) is 1. The molecule has 0 unspecified atom stereocenters. The average Bonchev–Trinajstić information content (AvgIpc) is 2.57. The van der Waals surface area contributed by atoms with Crippen LogP contribution >= 0.6 is 27.3 Å². The lowest BCUT2D eigenvalue weighted by atomic mass is 10.4. The van der Waals surface area contributed by atoms with E-state index in [1.165, 1.54) is 9.75 Å². The monoisotopic (exact) mass is 304 g/mol.